The summed E-state index contributed by atoms with van der Waals surface area (Å²) in [4.78, 5) is 4.68. The topological polar surface area (TPSA) is 80.3 Å². The quantitative estimate of drug-likeness (QED) is 0.213. The van der Waals surface area contributed by atoms with Crippen molar-refractivity contribution >= 4 is 29.9 Å². The van der Waals surface area contributed by atoms with Gasteiger partial charge in [-0.15, -0.1) is 29.1 Å². The highest BCUT2D eigenvalue weighted by Crippen LogP contribution is 2.01. The average Bonchev–Trinajstić information content (AvgIpc) is 3.37. The van der Waals surface area contributed by atoms with Crippen LogP contribution in [-0.2, 0) is 19.5 Å². The number of aliphatic imine (C=N–C) groups is 1. The minimum Gasteiger partial charge on any atom is -0.469 e. The third-order valence-electron chi connectivity index (χ3n) is 3.83. The smallest absolute Gasteiger partial charge is 0.191 e. The van der Waals surface area contributed by atoms with Gasteiger partial charge < -0.3 is 15.1 Å². The van der Waals surface area contributed by atoms with Crippen LogP contribution in [0.1, 0.15) is 17.7 Å². The van der Waals surface area contributed by atoms with Gasteiger partial charge in [0.05, 0.1) is 19.0 Å². The largest absolute Gasteiger partial charge is 0.469 e. The fraction of sp³-hybridized carbons (Fsp3) is 0.316. The van der Waals surface area contributed by atoms with Gasteiger partial charge in [0.2, 0.25) is 0 Å². The number of aromatic nitrogens is 3. The second-order valence-corrected chi connectivity index (χ2v) is 5.85. The molecule has 3 aromatic rings. The fourth-order valence-electron chi connectivity index (χ4n) is 2.49. The van der Waals surface area contributed by atoms with Crippen LogP contribution in [0.25, 0.3) is 0 Å². The molecule has 27 heavy (non-hydrogen) atoms. The van der Waals surface area contributed by atoms with Crippen LogP contribution in [0.2, 0.25) is 0 Å². The standard InChI is InChI=1S/C19H24N6O.HI/c1-2-6-17(7-3-1)16-22-19(21-11-9-18-8-4-15-26-18)20-10-5-13-25-14-12-23-24-25;/h1-4,6-8,12,14-15H,5,9-11,13,16H2,(H2,20,21,22);1H. The molecule has 0 aliphatic carbocycles. The summed E-state index contributed by atoms with van der Waals surface area (Å²) >= 11 is 0. The Hall–Kier alpha value is -2.36. The molecule has 144 valence electrons. The maximum absolute atomic E-state index is 5.37. The van der Waals surface area contributed by atoms with Crippen LogP contribution in [0.5, 0.6) is 0 Å². The molecule has 0 radical (unpaired) electrons. The first-order valence-corrected chi connectivity index (χ1v) is 8.83. The Kier molecular flexibility index (Phi) is 9.39. The zero-order valence-corrected chi connectivity index (χ0v) is 17.5. The number of guanidine groups is 1. The first-order valence-electron chi connectivity index (χ1n) is 8.83. The van der Waals surface area contributed by atoms with E-state index in [1.807, 2.05) is 41.2 Å². The van der Waals surface area contributed by atoms with Crippen molar-refractivity contribution in [1.29, 1.82) is 0 Å². The Labute approximate surface area is 176 Å². The molecule has 0 spiro atoms. The third-order valence-corrected chi connectivity index (χ3v) is 3.83. The monoisotopic (exact) mass is 480 g/mol. The van der Waals surface area contributed by atoms with Crippen LogP contribution in [-0.4, -0.2) is 34.0 Å². The summed E-state index contributed by atoms with van der Waals surface area (Å²) in [7, 11) is 0. The van der Waals surface area contributed by atoms with E-state index in [4.69, 9.17) is 4.42 Å². The van der Waals surface area contributed by atoms with Crippen molar-refractivity contribution in [1.82, 2.24) is 25.6 Å². The molecule has 1 aromatic carbocycles. The molecule has 0 amide bonds. The van der Waals surface area contributed by atoms with E-state index in [0.717, 1.165) is 44.2 Å². The molecule has 3 rings (SSSR count). The van der Waals surface area contributed by atoms with E-state index >= 15 is 0 Å². The van der Waals surface area contributed by atoms with Gasteiger partial charge in [0.25, 0.3) is 0 Å². The van der Waals surface area contributed by atoms with E-state index in [0.29, 0.717) is 6.54 Å². The summed E-state index contributed by atoms with van der Waals surface area (Å²) in [6.07, 6.45) is 7.01. The molecule has 0 aliphatic rings. The Morgan fingerprint density at radius 3 is 2.67 bits per heavy atom. The average molecular weight is 480 g/mol. The van der Waals surface area contributed by atoms with Crippen LogP contribution in [0.15, 0.2) is 70.5 Å². The van der Waals surface area contributed by atoms with Gasteiger partial charge in [-0.1, -0.05) is 35.5 Å². The highest BCUT2D eigenvalue weighted by Gasteiger charge is 2.01. The molecule has 0 saturated carbocycles. The second-order valence-electron chi connectivity index (χ2n) is 5.85. The van der Waals surface area contributed by atoms with Gasteiger partial charge in [0.1, 0.15) is 5.76 Å². The number of aryl methyl sites for hydroxylation is 1. The summed E-state index contributed by atoms with van der Waals surface area (Å²) in [5.41, 5.74) is 1.18. The number of nitrogens with one attached hydrogen (secondary N) is 2. The maximum atomic E-state index is 5.37. The van der Waals surface area contributed by atoms with Crippen LogP contribution < -0.4 is 10.6 Å². The summed E-state index contributed by atoms with van der Waals surface area (Å²) in [5, 5.41) is 14.5. The molecular weight excluding hydrogens is 455 g/mol. The van der Waals surface area contributed by atoms with Crippen molar-refractivity contribution in [2.45, 2.75) is 25.9 Å². The lowest BCUT2D eigenvalue weighted by atomic mass is 10.2. The van der Waals surface area contributed by atoms with E-state index in [1.54, 1.807) is 12.5 Å². The number of hydrogen-bond donors (Lipinski definition) is 2. The van der Waals surface area contributed by atoms with Crippen LogP contribution in [0, 0.1) is 0 Å². The molecular formula is C19H25IN6O. The van der Waals surface area contributed by atoms with Crippen molar-refractivity contribution in [3.8, 4) is 0 Å². The summed E-state index contributed by atoms with van der Waals surface area (Å²) in [5.74, 6) is 1.77. The van der Waals surface area contributed by atoms with Gasteiger partial charge in [-0.05, 0) is 24.1 Å². The first kappa shape index (κ1) is 20.9. The molecule has 2 aromatic heterocycles. The molecule has 0 unspecified atom stereocenters. The summed E-state index contributed by atoms with van der Waals surface area (Å²) in [6.45, 7) is 3.03. The van der Waals surface area contributed by atoms with Gasteiger partial charge in [-0.3, -0.25) is 4.68 Å². The Morgan fingerprint density at radius 1 is 1.07 bits per heavy atom. The van der Waals surface area contributed by atoms with E-state index in [-0.39, 0.29) is 24.0 Å². The highest BCUT2D eigenvalue weighted by molar-refractivity contribution is 14.0. The minimum absolute atomic E-state index is 0. The number of halogens is 1. The Bertz CT molecular complexity index is 759. The molecule has 0 aliphatic heterocycles. The Morgan fingerprint density at radius 2 is 1.93 bits per heavy atom. The van der Waals surface area contributed by atoms with Crippen molar-refractivity contribution in [2.75, 3.05) is 13.1 Å². The second kappa shape index (κ2) is 12.1. The molecule has 7 nitrogen and oxygen atoms in total. The van der Waals surface area contributed by atoms with Crippen LogP contribution in [0.3, 0.4) is 0 Å². The van der Waals surface area contributed by atoms with Gasteiger partial charge in [-0.2, -0.15) is 0 Å². The van der Waals surface area contributed by atoms with Gasteiger partial charge in [0.15, 0.2) is 5.96 Å². The number of benzene rings is 1. The predicted octanol–water partition coefficient (Wildman–Crippen LogP) is 2.86. The van der Waals surface area contributed by atoms with E-state index in [9.17, 15) is 0 Å². The summed E-state index contributed by atoms with van der Waals surface area (Å²) < 4.78 is 7.19. The zero-order valence-electron chi connectivity index (χ0n) is 15.1. The van der Waals surface area contributed by atoms with Crippen molar-refractivity contribution in [2.24, 2.45) is 4.99 Å². The predicted molar refractivity (Wildman–Crippen MR) is 116 cm³/mol. The van der Waals surface area contributed by atoms with E-state index < -0.39 is 0 Å². The lowest BCUT2D eigenvalue weighted by molar-refractivity contribution is 0.506. The van der Waals surface area contributed by atoms with E-state index in [1.165, 1.54) is 5.56 Å². The van der Waals surface area contributed by atoms with Gasteiger partial charge in [-0.25, -0.2) is 4.99 Å². The molecule has 0 fully saturated rings. The van der Waals surface area contributed by atoms with E-state index in [2.05, 4.69) is 38.1 Å². The highest BCUT2D eigenvalue weighted by atomic mass is 127. The minimum atomic E-state index is 0. The molecule has 0 bridgehead atoms. The Balaban J connectivity index is 0.00000261. The number of hydrogen-bond acceptors (Lipinski definition) is 4. The number of nitrogens with zero attached hydrogens (tertiary/aromatic N) is 4. The molecule has 2 N–H and O–H groups in total. The maximum Gasteiger partial charge on any atom is 0.191 e. The van der Waals surface area contributed by atoms with Crippen molar-refractivity contribution in [3.63, 3.8) is 0 Å². The van der Waals surface area contributed by atoms with Crippen molar-refractivity contribution < 1.29 is 4.42 Å². The zero-order chi connectivity index (χ0) is 17.9. The SMILES string of the molecule is I.c1ccc(CN=C(NCCCn2ccnn2)NCCc2ccco2)cc1. The lowest BCUT2D eigenvalue weighted by Crippen LogP contribution is -2.39. The fourth-order valence-corrected chi connectivity index (χ4v) is 2.49. The third kappa shape index (κ3) is 7.81. The van der Waals surface area contributed by atoms with Crippen molar-refractivity contribution in [3.05, 3.63) is 72.4 Å². The molecule has 8 heteroatoms. The van der Waals surface area contributed by atoms with Gasteiger partial charge >= 0.3 is 0 Å². The molecule has 0 saturated heterocycles. The summed E-state index contributed by atoms with van der Waals surface area (Å²) in [6, 6.07) is 14.1. The van der Waals surface area contributed by atoms with Crippen LogP contribution >= 0.6 is 24.0 Å². The molecule has 2 heterocycles. The lowest BCUT2D eigenvalue weighted by Gasteiger charge is -2.12. The first-order chi connectivity index (χ1) is 12.9. The van der Waals surface area contributed by atoms with Crippen LogP contribution in [0.4, 0.5) is 0 Å². The number of furan rings is 1. The van der Waals surface area contributed by atoms with Gasteiger partial charge in [0, 0.05) is 32.3 Å². The molecule has 0 atom stereocenters. The number of rotatable bonds is 9. The normalized spacial score (nSPS) is 11.0.